The number of carboxylic acids is 1. The molecule has 0 aliphatic rings. The number of benzene rings is 1. The number of hydrogen-bond acceptors (Lipinski definition) is 4. The molecule has 1 heterocycles. The van der Waals surface area contributed by atoms with Gasteiger partial charge < -0.3 is 19.7 Å². The number of aromatic hydroxyl groups is 2. The number of phenols is 2. The summed E-state index contributed by atoms with van der Waals surface area (Å²) in [5, 5.41) is 28.3. The van der Waals surface area contributed by atoms with Crippen molar-refractivity contribution < 1.29 is 24.5 Å². The summed E-state index contributed by atoms with van der Waals surface area (Å²) in [6.07, 6.45) is 1.07. The Labute approximate surface area is 110 Å². The fourth-order valence-corrected chi connectivity index (χ4v) is 2.15. The molecule has 0 aliphatic heterocycles. The molecule has 0 saturated heterocycles. The highest BCUT2D eigenvalue weighted by molar-refractivity contribution is 9.10. The van der Waals surface area contributed by atoms with Crippen LogP contribution in [0, 0.1) is 0 Å². The number of aliphatic carboxylic acids is 1. The minimum absolute atomic E-state index is 0.223. The molecular weight excluding hydrogens is 304 g/mol. The lowest BCUT2D eigenvalue weighted by molar-refractivity contribution is -0.136. The molecule has 18 heavy (non-hydrogen) atoms. The fourth-order valence-electron chi connectivity index (χ4n) is 1.70. The van der Waals surface area contributed by atoms with Crippen LogP contribution in [0.25, 0.3) is 11.3 Å². The Morgan fingerprint density at radius 3 is 2.61 bits per heavy atom. The number of carboxylic acid groups (broad SMARTS) is 1. The fraction of sp³-hybridized carbons (Fsp3) is 0.0833. The molecule has 0 aliphatic carbocycles. The van der Waals surface area contributed by atoms with Crippen molar-refractivity contribution in [2.75, 3.05) is 0 Å². The number of phenolic OH excluding ortho intramolecular Hbond substituents is 2. The number of rotatable bonds is 3. The standard InChI is InChI=1S/C12H9BrO5/c13-12-6(4-10(16)17)11(7(14)5-8(12)15)9-2-1-3-18-9/h1-3,5,14-15H,4H2,(H,16,17). The Hall–Kier alpha value is -1.95. The molecule has 0 fully saturated rings. The Morgan fingerprint density at radius 1 is 1.33 bits per heavy atom. The number of hydrogen-bond donors (Lipinski definition) is 3. The van der Waals surface area contributed by atoms with Crippen molar-refractivity contribution in [1.82, 2.24) is 0 Å². The van der Waals surface area contributed by atoms with Crippen LogP contribution in [0.3, 0.4) is 0 Å². The van der Waals surface area contributed by atoms with Gasteiger partial charge in [0.05, 0.1) is 22.7 Å². The first-order valence-corrected chi connectivity index (χ1v) is 5.79. The van der Waals surface area contributed by atoms with Gasteiger partial charge in [-0.15, -0.1) is 0 Å². The monoisotopic (exact) mass is 312 g/mol. The predicted octanol–water partition coefficient (Wildman–Crippen LogP) is 2.75. The van der Waals surface area contributed by atoms with E-state index in [0.29, 0.717) is 5.76 Å². The molecule has 1 aromatic carbocycles. The van der Waals surface area contributed by atoms with Gasteiger partial charge in [-0.05, 0) is 33.6 Å². The lowest BCUT2D eigenvalue weighted by Crippen LogP contribution is -2.03. The van der Waals surface area contributed by atoms with Gasteiger partial charge in [-0.3, -0.25) is 4.79 Å². The van der Waals surface area contributed by atoms with Crippen molar-refractivity contribution in [1.29, 1.82) is 0 Å². The molecule has 2 rings (SSSR count). The van der Waals surface area contributed by atoms with E-state index in [9.17, 15) is 15.0 Å². The van der Waals surface area contributed by atoms with E-state index < -0.39 is 5.97 Å². The van der Waals surface area contributed by atoms with E-state index in [1.165, 1.54) is 6.26 Å². The topological polar surface area (TPSA) is 90.9 Å². The van der Waals surface area contributed by atoms with E-state index in [2.05, 4.69) is 15.9 Å². The highest BCUT2D eigenvalue weighted by Crippen LogP contribution is 2.42. The first-order chi connectivity index (χ1) is 8.50. The van der Waals surface area contributed by atoms with E-state index in [0.717, 1.165) is 6.07 Å². The predicted molar refractivity (Wildman–Crippen MR) is 66.5 cm³/mol. The maximum atomic E-state index is 10.9. The average Bonchev–Trinajstić information content (AvgIpc) is 2.78. The molecule has 3 N–H and O–H groups in total. The summed E-state index contributed by atoms with van der Waals surface area (Å²) in [5.74, 6) is -1.20. The van der Waals surface area contributed by atoms with Crippen LogP contribution in [0.15, 0.2) is 33.4 Å². The number of carbonyl (C=O) groups is 1. The van der Waals surface area contributed by atoms with Gasteiger partial charge in [0, 0.05) is 6.07 Å². The van der Waals surface area contributed by atoms with Crippen molar-refractivity contribution in [3.05, 3.63) is 34.5 Å². The summed E-state index contributed by atoms with van der Waals surface area (Å²) in [5.41, 5.74) is 0.516. The molecule has 1 aromatic heterocycles. The largest absolute Gasteiger partial charge is 0.507 e. The highest BCUT2D eigenvalue weighted by Gasteiger charge is 2.21. The second-order valence-corrected chi connectivity index (χ2v) is 4.42. The molecule has 6 heteroatoms. The third kappa shape index (κ3) is 2.19. The van der Waals surface area contributed by atoms with Crippen LogP contribution in [-0.4, -0.2) is 21.3 Å². The summed E-state index contributed by atoms with van der Waals surface area (Å²) in [6, 6.07) is 4.36. The first kappa shape index (κ1) is 12.5. The van der Waals surface area contributed by atoms with Gasteiger partial charge in [0.25, 0.3) is 0 Å². The van der Waals surface area contributed by atoms with Gasteiger partial charge in [-0.2, -0.15) is 0 Å². The number of furan rings is 1. The van der Waals surface area contributed by atoms with E-state index in [4.69, 9.17) is 9.52 Å². The van der Waals surface area contributed by atoms with Crippen LogP contribution < -0.4 is 0 Å². The molecular formula is C12H9BrO5. The average molecular weight is 313 g/mol. The summed E-state index contributed by atoms with van der Waals surface area (Å²) < 4.78 is 5.39. The molecule has 94 valence electrons. The van der Waals surface area contributed by atoms with E-state index in [-0.39, 0.29) is 33.5 Å². The van der Waals surface area contributed by atoms with Crippen LogP contribution in [0.5, 0.6) is 11.5 Å². The van der Waals surface area contributed by atoms with Gasteiger partial charge >= 0.3 is 5.97 Å². The Morgan fingerprint density at radius 2 is 2.06 bits per heavy atom. The summed E-state index contributed by atoms with van der Waals surface area (Å²) >= 11 is 3.11. The second kappa shape index (κ2) is 4.73. The highest BCUT2D eigenvalue weighted by atomic mass is 79.9. The van der Waals surface area contributed by atoms with Crippen LogP contribution >= 0.6 is 15.9 Å². The quantitative estimate of drug-likeness (QED) is 0.810. The normalized spacial score (nSPS) is 10.5. The third-order valence-corrected chi connectivity index (χ3v) is 3.30. The summed E-state index contributed by atoms with van der Waals surface area (Å²) in [4.78, 5) is 10.9. The zero-order valence-electron chi connectivity index (χ0n) is 9.05. The summed E-state index contributed by atoms with van der Waals surface area (Å²) in [7, 11) is 0. The Balaban J connectivity index is 2.70. The number of halogens is 1. The zero-order chi connectivity index (χ0) is 13.3. The molecule has 0 spiro atoms. The smallest absolute Gasteiger partial charge is 0.307 e. The third-order valence-electron chi connectivity index (χ3n) is 2.42. The van der Waals surface area contributed by atoms with Gasteiger partial charge in [0.2, 0.25) is 0 Å². The van der Waals surface area contributed by atoms with Crippen molar-refractivity contribution in [2.24, 2.45) is 0 Å². The van der Waals surface area contributed by atoms with Crippen LogP contribution in [-0.2, 0) is 11.2 Å². The minimum atomic E-state index is -1.08. The molecule has 0 amide bonds. The Kier molecular flexibility index (Phi) is 3.29. The molecule has 0 unspecified atom stereocenters. The van der Waals surface area contributed by atoms with Gasteiger partial charge in [-0.25, -0.2) is 0 Å². The maximum Gasteiger partial charge on any atom is 0.307 e. The lowest BCUT2D eigenvalue weighted by Gasteiger charge is -2.11. The van der Waals surface area contributed by atoms with Crippen LogP contribution in [0.4, 0.5) is 0 Å². The molecule has 0 radical (unpaired) electrons. The van der Waals surface area contributed by atoms with Crippen LogP contribution in [0.1, 0.15) is 5.56 Å². The molecule has 0 atom stereocenters. The zero-order valence-corrected chi connectivity index (χ0v) is 10.6. The molecule has 2 aromatic rings. The molecule has 5 nitrogen and oxygen atoms in total. The molecule has 0 bridgehead atoms. The van der Waals surface area contributed by atoms with E-state index >= 15 is 0 Å². The van der Waals surface area contributed by atoms with Gasteiger partial charge in [0.1, 0.15) is 17.3 Å². The van der Waals surface area contributed by atoms with E-state index in [1.54, 1.807) is 12.1 Å². The Bertz CT molecular complexity index is 589. The van der Waals surface area contributed by atoms with E-state index in [1.807, 2.05) is 0 Å². The summed E-state index contributed by atoms with van der Waals surface area (Å²) in [6.45, 7) is 0. The van der Waals surface area contributed by atoms with Gasteiger partial charge in [-0.1, -0.05) is 0 Å². The second-order valence-electron chi connectivity index (χ2n) is 3.63. The lowest BCUT2D eigenvalue weighted by atomic mass is 10.0. The molecule has 0 saturated carbocycles. The van der Waals surface area contributed by atoms with Crippen molar-refractivity contribution >= 4 is 21.9 Å². The van der Waals surface area contributed by atoms with Crippen molar-refractivity contribution in [3.8, 4) is 22.8 Å². The maximum absolute atomic E-state index is 10.9. The van der Waals surface area contributed by atoms with Crippen molar-refractivity contribution in [2.45, 2.75) is 6.42 Å². The first-order valence-electron chi connectivity index (χ1n) is 4.99. The SMILES string of the molecule is O=C(O)Cc1c(Br)c(O)cc(O)c1-c1ccco1. The van der Waals surface area contributed by atoms with Gasteiger partial charge in [0.15, 0.2) is 0 Å². The van der Waals surface area contributed by atoms with Crippen molar-refractivity contribution in [3.63, 3.8) is 0 Å². The van der Waals surface area contributed by atoms with Crippen LogP contribution in [0.2, 0.25) is 0 Å². The minimum Gasteiger partial charge on any atom is -0.507 e.